The van der Waals surface area contributed by atoms with Crippen molar-refractivity contribution in [3.63, 3.8) is 0 Å². The maximum Gasteiger partial charge on any atom is 0.254 e. The molecule has 0 radical (unpaired) electrons. The molecule has 5 nitrogen and oxygen atoms in total. The molecule has 1 amide bonds. The summed E-state index contributed by atoms with van der Waals surface area (Å²) in [7, 11) is 1.67. The first-order valence-corrected chi connectivity index (χ1v) is 8.82. The van der Waals surface area contributed by atoms with Crippen LogP contribution in [0, 0.1) is 6.92 Å². The zero-order chi connectivity index (χ0) is 18.7. The molecule has 0 spiro atoms. The second-order valence-corrected chi connectivity index (χ2v) is 6.89. The first-order chi connectivity index (χ1) is 12.5. The van der Waals surface area contributed by atoms with Gasteiger partial charge in [-0.25, -0.2) is 0 Å². The van der Waals surface area contributed by atoms with Crippen molar-refractivity contribution in [3.05, 3.63) is 87.2 Å². The fourth-order valence-electron chi connectivity index (χ4n) is 2.64. The third-order valence-electron chi connectivity index (χ3n) is 3.93. The quantitative estimate of drug-likeness (QED) is 0.587. The molecule has 0 atom stereocenters. The number of aromatic nitrogens is 1. The molecule has 0 aliphatic heterocycles. The predicted molar refractivity (Wildman–Crippen MR) is 101 cm³/mol. The van der Waals surface area contributed by atoms with Crippen LogP contribution in [-0.4, -0.2) is 28.8 Å². The van der Waals surface area contributed by atoms with Crippen LogP contribution in [0.4, 0.5) is 0 Å². The van der Waals surface area contributed by atoms with Gasteiger partial charge in [0.1, 0.15) is 11.5 Å². The van der Waals surface area contributed by atoms with Gasteiger partial charge in [-0.1, -0.05) is 39.3 Å². The lowest BCUT2D eigenvalue weighted by Crippen LogP contribution is -2.28. The molecule has 0 bridgehead atoms. The van der Waals surface area contributed by atoms with Crippen molar-refractivity contribution in [2.75, 3.05) is 7.05 Å². The lowest BCUT2D eigenvalue weighted by atomic mass is 9.97. The fraction of sp³-hybridized carbons (Fsp3) is 0.150. The number of hydrogen-bond acceptors (Lipinski definition) is 4. The Bertz CT molecular complexity index is 948. The molecule has 0 saturated heterocycles. The first kappa shape index (κ1) is 18.1. The molecular weight excluding hydrogens is 396 g/mol. The van der Waals surface area contributed by atoms with Crippen molar-refractivity contribution >= 4 is 27.6 Å². The highest BCUT2D eigenvalue weighted by atomic mass is 79.9. The lowest BCUT2D eigenvalue weighted by Gasteiger charge is -2.17. The van der Waals surface area contributed by atoms with E-state index in [-0.39, 0.29) is 11.7 Å². The Morgan fingerprint density at radius 1 is 1.08 bits per heavy atom. The molecule has 0 N–H and O–H groups in total. The summed E-state index contributed by atoms with van der Waals surface area (Å²) in [5.41, 5.74) is 1.93. The van der Waals surface area contributed by atoms with E-state index < -0.39 is 0 Å². The number of carbonyl (C=O) groups excluding carboxylic acids is 2. The third kappa shape index (κ3) is 3.91. The minimum Gasteiger partial charge on any atom is -0.361 e. The number of aryl methyl sites for hydroxylation is 1. The van der Waals surface area contributed by atoms with E-state index in [1.165, 1.54) is 4.90 Å². The van der Waals surface area contributed by atoms with Crippen LogP contribution in [-0.2, 0) is 6.54 Å². The largest absolute Gasteiger partial charge is 0.361 e. The average molecular weight is 413 g/mol. The minimum absolute atomic E-state index is 0.188. The molecule has 0 aliphatic rings. The molecule has 3 rings (SSSR count). The topological polar surface area (TPSA) is 63.4 Å². The summed E-state index contributed by atoms with van der Waals surface area (Å²) in [4.78, 5) is 27.2. The van der Waals surface area contributed by atoms with Gasteiger partial charge in [-0.3, -0.25) is 9.59 Å². The number of nitrogens with zero attached hydrogens (tertiary/aromatic N) is 2. The molecule has 1 heterocycles. The van der Waals surface area contributed by atoms with E-state index >= 15 is 0 Å². The lowest BCUT2D eigenvalue weighted by molar-refractivity contribution is 0.0777. The Balaban J connectivity index is 1.87. The molecule has 26 heavy (non-hydrogen) atoms. The Labute approximate surface area is 159 Å². The maximum atomic E-state index is 12.9. The van der Waals surface area contributed by atoms with Gasteiger partial charge in [0.2, 0.25) is 0 Å². The standard InChI is InChI=1S/C20H17BrN2O3/c1-13-11-16(22-26-13)12-23(2)20(25)18-6-4-3-5-17(18)19(24)14-7-9-15(21)10-8-14/h3-11H,12H2,1-2H3. The highest BCUT2D eigenvalue weighted by Crippen LogP contribution is 2.19. The van der Waals surface area contributed by atoms with Gasteiger partial charge in [-0.15, -0.1) is 0 Å². The van der Waals surface area contributed by atoms with Gasteiger partial charge in [-0.2, -0.15) is 0 Å². The molecule has 3 aromatic rings. The number of rotatable bonds is 5. The van der Waals surface area contributed by atoms with Gasteiger partial charge < -0.3 is 9.42 Å². The Hall–Kier alpha value is -2.73. The van der Waals surface area contributed by atoms with Gasteiger partial charge in [0.25, 0.3) is 5.91 Å². The van der Waals surface area contributed by atoms with E-state index in [9.17, 15) is 9.59 Å². The number of ketones is 1. The Morgan fingerprint density at radius 2 is 1.73 bits per heavy atom. The second kappa shape index (κ2) is 7.66. The van der Waals surface area contributed by atoms with Crippen LogP contribution in [0.25, 0.3) is 0 Å². The van der Waals surface area contributed by atoms with E-state index in [1.807, 2.05) is 0 Å². The molecule has 1 aromatic heterocycles. The SMILES string of the molecule is Cc1cc(CN(C)C(=O)c2ccccc2C(=O)c2ccc(Br)cc2)no1. The summed E-state index contributed by atoms with van der Waals surface area (Å²) in [5, 5.41) is 3.90. The highest BCUT2D eigenvalue weighted by Gasteiger charge is 2.21. The Kier molecular flexibility index (Phi) is 5.32. The normalized spacial score (nSPS) is 10.6. The minimum atomic E-state index is -0.244. The van der Waals surface area contributed by atoms with E-state index in [0.717, 1.165) is 4.47 Å². The van der Waals surface area contributed by atoms with Crippen molar-refractivity contribution in [1.82, 2.24) is 10.1 Å². The molecule has 0 fully saturated rings. The third-order valence-corrected chi connectivity index (χ3v) is 4.46. The van der Waals surface area contributed by atoms with E-state index in [0.29, 0.717) is 34.7 Å². The molecule has 2 aromatic carbocycles. The van der Waals surface area contributed by atoms with Crippen LogP contribution in [0.1, 0.15) is 37.7 Å². The van der Waals surface area contributed by atoms with Gasteiger partial charge in [0.05, 0.1) is 12.1 Å². The highest BCUT2D eigenvalue weighted by molar-refractivity contribution is 9.10. The number of benzene rings is 2. The van der Waals surface area contributed by atoms with Crippen LogP contribution in [0.2, 0.25) is 0 Å². The van der Waals surface area contributed by atoms with Gasteiger partial charge in [-0.05, 0) is 37.3 Å². The first-order valence-electron chi connectivity index (χ1n) is 8.02. The van der Waals surface area contributed by atoms with E-state index in [2.05, 4.69) is 21.1 Å². The zero-order valence-electron chi connectivity index (χ0n) is 14.4. The molecule has 0 saturated carbocycles. The van der Waals surface area contributed by atoms with Crippen molar-refractivity contribution in [2.45, 2.75) is 13.5 Å². The van der Waals surface area contributed by atoms with Gasteiger partial charge in [0.15, 0.2) is 5.78 Å². The molecule has 6 heteroatoms. The number of carbonyl (C=O) groups is 2. The fourth-order valence-corrected chi connectivity index (χ4v) is 2.90. The summed E-state index contributed by atoms with van der Waals surface area (Å²) >= 11 is 3.36. The second-order valence-electron chi connectivity index (χ2n) is 5.97. The van der Waals surface area contributed by atoms with Crippen LogP contribution in [0.3, 0.4) is 0 Å². The van der Waals surface area contributed by atoms with Crippen LogP contribution in [0.15, 0.2) is 63.6 Å². The molecule has 132 valence electrons. The summed E-state index contributed by atoms with van der Waals surface area (Å²) in [5.74, 6) is 0.255. The molecule has 0 unspecified atom stereocenters. The smallest absolute Gasteiger partial charge is 0.254 e. The number of amides is 1. The van der Waals surface area contributed by atoms with Crippen LogP contribution >= 0.6 is 15.9 Å². The molecule has 0 aliphatic carbocycles. The number of halogens is 1. The monoisotopic (exact) mass is 412 g/mol. The summed E-state index contributed by atoms with van der Waals surface area (Å²) in [6, 6.07) is 15.7. The van der Waals surface area contributed by atoms with Gasteiger partial charge >= 0.3 is 0 Å². The predicted octanol–water partition coefficient (Wildman–Crippen LogP) is 4.25. The van der Waals surface area contributed by atoms with Crippen molar-refractivity contribution in [3.8, 4) is 0 Å². The van der Waals surface area contributed by atoms with Crippen LogP contribution in [0.5, 0.6) is 0 Å². The molecular formula is C20H17BrN2O3. The van der Waals surface area contributed by atoms with Crippen LogP contribution < -0.4 is 0 Å². The van der Waals surface area contributed by atoms with Gasteiger partial charge in [0, 0.05) is 28.7 Å². The van der Waals surface area contributed by atoms with E-state index in [4.69, 9.17) is 4.52 Å². The van der Waals surface area contributed by atoms with Crippen molar-refractivity contribution in [1.29, 1.82) is 0 Å². The Morgan fingerprint density at radius 3 is 2.35 bits per heavy atom. The average Bonchev–Trinajstić information content (AvgIpc) is 3.06. The summed E-state index contributed by atoms with van der Waals surface area (Å²) in [6.07, 6.45) is 0. The van der Waals surface area contributed by atoms with E-state index in [1.54, 1.807) is 68.6 Å². The van der Waals surface area contributed by atoms with Crippen molar-refractivity contribution < 1.29 is 14.1 Å². The maximum absolute atomic E-state index is 12.9. The zero-order valence-corrected chi connectivity index (χ0v) is 16.0. The number of hydrogen-bond donors (Lipinski definition) is 0. The summed E-state index contributed by atoms with van der Waals surface area (Å²) in [6.45, 7) is 2.10. The van der Waals surface area contributed by atoms with Crippen molar-refractivity contribution in [2.24, 2.45) is 0 Å². The summed E-state index contributed by atoms with van der Waals surface area (Å²) < 4.78 is 5.92.